The van der Waals surface area contributed by atoms with Gasteiger partial charge in [-0.05, 0) is 49.1 Å². The van der Waals surface area contributed by atoms with Crippen LogP contribution < -0.4 is 10.0 Å². The van der Waals surface area contributed by atoms with Gasteiger partial charge in [0.05, 0.1) is 12.2 Å². The van der Waals surface area contributed by atoms with Crippen LogP contribution in [0.4, 0.5) is 5.69 Å². The Bertz CT molecular complexity index is 975. The van der Waals surface area contributed by atoms with E-state index in [2.05, 4.69) is 10.0 Å². The number of sulfonamides is 1. The zero-order chi connectivity index (χ0) is 21.6. The van der Waals surface area contributed by atoms with Crippen molar-refractivity contribution < 1.29 is 18.0 Å². The lowest BCUT2D eigenvalue weighted by molar-refractivity contribution is -0.126. The van der Waals surface area contributed by atoms with Gasteiger partial charge in [0.15, 0.2) is 0 Å². The molecule has 0 aliphatic carbocycles. The minimum Gasteiger partial charge on any atom is -0.355 e. The van der Waals surface area contributed by atoms with Crippen LogP contribution in [0, 0.1) is 5.92 Å². The Morgan fingerprint density at radius 2 is 1.77 bits per heavy atom. The topological polar surface area (TPSA) is 95.6 Å². The van der Waals surface area contributed by atoms with E-state index in [1.807, 2.05) is 30.3 Å². The molecule has 8 heteroatoms. The first kappa shape index (κ1) is 21.8. The van der Waals surface area contributed by atoms with Crippen LogP contribution in [-0.4, -0.2) is 51.0 Å². The van der Waals surface area contributed by atoms with E-state index in [0.717, 1.165) is 25.5 Å². The van der Waals surface area contributed by atoms with Crippen LogP contribution in [0.25, 0.3) is 0 Å². The number of hydrogen-bond donors (Lipinski definition) is 2. The number of rotatable bonds is 7. The Labute approximate surface area is 177 Å². The number of benzene rings is 2. The maximum absolute atomic E-state index is 12.8. The summed E-state index contributed by atoms with van der Waals surface area (Å²) in [5.41, 5.74) is 2.05. The van der Waals surface area contributed by atoms with E-state index in [0.29, 0.717) is 30.9 Å². The lowest BCUT2D eigenvalue weighted by Crippen LogP contribution is -2.45. The van der Waals surface area contributed by atoms with Crippen molar-refractivity contribution in [1.82, 2.24) is 10.2 Å². The molecule has 0 aromatic heterocycles. The molecule has 1 aliphatic rings. The molecule has 1 atom stereocenters. The monoisotopic (exact) mass is 429 g/mol. The second-order valence-electron chi connectivity index (χ2n) is 7.57. The molecular formula is C22H27N3O4S. The Balaban J connectivity index is 1.53. The number of likely N-dealkylation sites (tertiary alicyclic amines) is 1. The van der Waals surface area contributed by atoms with Crippen LogP contribution in [0.3, 0.4) is 0 Å². The van der Waals surface area contributed by atoms with Gasteiger partial charge in [-0.1, -0.05) is 30.3 Å². The van der Waals surface area contributed by atoms with Crippen LogP contribution in [0.15, 0.2) is 54.6 Å². The molecule has 30 heavy (non-hydrogen) atoms. The second-order valence-corrected chi connectivity index (χ2v) is 9.32. The summed E-state index contributed by atoms with van der Waals surface area (Å²) in [5.74, 6) is -0.386. The average molecular weight is 430 g/mol. The van der Waals surface area contributed by atoms with Crippen molar-refractivity contribution in [1.29, 1.82) is 0 Å². The Hall–Kier alpha value is -2.87. The molecule has 1 aliphatic heterocycles. The molecule has 2 aromatic carbocycles. The summed E-state index contributed by atoms with van der Waals surface area (Å²) in [6.45, 7) is 1.57. The van der Waals surface area contributed by atoms with Crippen molar-refractivity contribution in [3.8, 4) is 0 Å². The molecule has 1 fully saturated rings. The minimum atomic E-state index is -3.36. The van der Waals surface area contributed by atoms with E-state index in [4.69, 9.17) is 0 Å². The zero-order valence-electron chi connectivity index (χ0n) is 17.0. The van der Waals surface area contributed by atoms with E-state index < -0.39 is 10.0 Å². The molecular weight excluding hydrogens is 402 g/mol. The molecule has 1 unspecified atom stereocenters. The van der Waals surface area contributed by atoms with Gasteiger partial charge in [-0.25, -0.2) is 8.42 Å². The van der Waals surface area contributed by atoms with Gasteiger partial charge in [-0.3, -0.25) is 14.3 Å². The lowest BCUT2D eigenvalue weighted by atomic mass is 9.96. The normalized spacial score (nSPS) is 16.7. The van der Waals surface area contributed by atoms with Crippen molar-refractivity contribution in [3.63, 3.8) is 0 Å². The summed E-state index contributed by atoms with van der Waals surface area (Å²) in [5, 5.41) is 2.99. The number of hydrogen-bond acceptors (Lipinski definition) is 4. The molecule has 2 amide bonds. The van der Waals surface area contributed by atoms with Crippen molar-refractivity contribution in [3.05, 3.63) is 65.7 Å². The molecule has 1 heterocycles. The summed E-state index contributed by atoms with van der Waals surface area (Å²) in [4.78, 5) is 27.1. The van der Waals surface area contributed by atoms with Gasteiger partial charge in [0.25, 0.3) is 5.91 Å². The van der Waals surface area contributed by atoms with E-state index in [9.17, 15) is 18.0 Å². The standard InChI is InChI=1S/C22H27N3O4S/c1-30(28,29)24-20-11-9-18(10-12-20)22(27)25-15-5-8-19(16-25)21(26)23-14-13-17-6-3-2-4-7-17/h2-4,6-7,9-12,19,24H,5,8,13-16H2,1H3,(H,23,26). The fourth-order valence-corrected chi connectivity index (χ4v) is 4.14. The van der Waals surface area contributed by atoms with Crippen LogP contribution in [0.1, 0.15) is 28.8 Å². The fourth-order valence-electron chi connectivity index (χ4n) is 3.57. The summed E-state index contributed by atoms with van der Waals surface area (Å²) >= 11 is 0. The second kappa shape index (κ2) is 9.75. The third kappa shape index (κ3) is 6.32. The molecule has 1 saturated heterocycles. The molecule has 2 N–H and O–H groups in total. The molecule has 0 bridgehead atoms. The summed E-state index contributed by atoms with van der Waals surface area (Å²) in [6.07, 6.45) is 3.38. The van der Waals surface area contributed by atoms with Gasteiger partial charge >= 0.3 is 0 Å². The third-order valence-corrected chi connectivity index (χ3v) is 5.68. The number of carbonyl (C=O) groups excluding carboxylic acids is 2. The van der Waals surface area contributed by atoms with Gasteiger partial charge in [0.1, 0.15) is 0 Å². The molecule has 0 spiro atoms. The summed E-state index contributed by atoms with van der Waals surface area (Å²) < 4.78 is 25.0. The van der Waals surface area contributed by atoms with Crippen LogP contribution in [0.2, 0.25) is 0 Å². The van der Waals surface area contributed by atoms with Gasteiger partial charge in [0, 0.05) is 30.9 Å². The fraction of sp³-hybridized carbons (Fsp3) is 0.364. The van der Waals surface area contributed by atoms with Gasteiger partial charge in [-0.15, -0.1) is 0 Å². The molecule has 2 aromatic rings. The van der Waals surface area contributed by atoms with Crippen LogP contribution in [0.5, 0.6) is 0 Å². The Morgan fingerprint density at radius 3 is 2.43 bits per heavy atom. The quantitative estimate of drug-likeness (QED) is 0.706. The highest BCUT2D eigenvalue weighted by Gasteiger charge is 2.28. The van der Waals surface area contributed by atoms with Gasteiger partial charge in [-0.2, -0.15) is 0 Å². The largest absolute Gasteiger partial charge is 0.355 e. The van der Waals surface area contributed by atoms with Crippen LogP contribution >= 0.6 is 0 Å². The molecule has 160 valence electrons. The number of anilines is 1. The first-order valence-corrected chi connectivity index (χ1v) is 11.9. The Morgan fingerprint density at radius 1 is 1.07 bits per heavy atom. The third-order valence-electron chi connectivity index (χ3n) is 5.07. The van der Waals surface area contributed by atoms with Crippen molar-refractivity contribution in [2.24, 2.45) is 5.92 Å². The highest BCUT2D eigenvalue weighted by Crippen LogP contribution is 2.20. The number of amides is 2. The smallest absolute Gasteiger partial charge is 0.253 e. The molecule has 0 saturated carbocycles. The Kier molecular flexibility index (Phi) is 7.10. The van der Waals surface area contributed by atoms with Gasteiger partial charge in [0.2, 0.25) is 15.9 Å². The van der Waals surface area contributed by atoms with Gasteiger partial charge < -0.3 is 10.2 Å². The van der Waals surface area contributed by atoms with Crippen molar-refractivity contribution in [2.45, 2.75) is 19.3 Å². The highest BCUT2D eigenvalue weighted by molar-refractivity contribution is 7.92. The first-order chi connectivity index (χ1) is 14.3. The maximum atomic E-state index is 12.8. The minimum absolute atomic E-state index is 0.0175. The summed E-state index contributed by atoms with van der Waals surface area (Å²) in [6, 6.07) is 16.3. The van der Waals surface area contributed by atoms with E-state index in [-0.39, 0.29) is 17.7 Å². The van der Waals surface area contributed by atoms with Crippen LogP contribution in [-0.2, 0) is 21.2 Å². The lowest BCUT2D eigenvalue weighted by Gasteiger charge is -2.32. The molecule has 3 rings (SSSR count). The predicted molar refractivity (Wildman–Crippen MR) is 117 cm³/mol. The number of piperidine rings is 1. The maximum Gasteiger partial charge on any atom is 0.253 e. The first-order valence-electron chi connectivity index (χ1n) is 10.0. The summed E-state index contributed by atoms with van der Waals surface area (Å²) in [7, 11) is -3.36. The van der Waals surface area contributed by atoms with E-state index >= 15 is 0 Å². The molecule has 7 nitrogen and oxygen atoms in total. The average Bonchev–Trinajstić information content (AvgIpc) is 2.73. The SMILES string of the molecule is CS(=O)(=O)Nc1ccc(C(=O)N2CCCC(C(=O)NCCc3ccccc3)C2)cc1. The number of carbonyl (C=O) groups is 2. The van der Waals surface area contributed by atoms with E-state index in [1.54, 1.807) is 29.2 Å². The number of nitrogens with zero attached hydrogens (tertiary/aromatic N) is 1. The number of nitrogens with one attached hydrogen (secondary N) is 2. The molecule has 0 radical (unpaired) electrons. The predicted octanol–water partition coefficient (Wildman–Crippen LogP) is 2.27. The zero-order valence-corrected chi connectivity index (χ0v) is 17.8. The highest BCUT2D eigenvalue weighted by atomic mass is 32.2. The van der Waals surface area contributed by atoms with Crippen molar-refractivity contribution >= 4 is 27.5 Å². The van der Waals surface area contributed by atoms with E-state index in [1.165, 1.54) is 5.56 Å². The van der Waals surface area contributed by atoms with Crippen molar-refractivity contribution in [2.75, 3.05) is 30.6 Å².